The molecule has 1 aliphatic heterocycles. The van der Waals surface area contributed by atoms with Crippen LogP contribution in [0.4, 0.5) is 0 Å². The lowest BCUT2D eigenvalue weighted by Gasteiger charge is -2.31. The number of halogens is 1. The second-order valence-corrected chi connectivity index (χ2v) is 8.36. The molecule has 94 valence electrons. The van der Waals surface area contributed by atoms with Gasteiger partial charge >= 0.3 is 0 Å². The molecule has 0 aromatic carbocycles. The van der Waals surface area contributed by atoms with E-state index >= 15 is 0 Å². The molecule has 1 saturated carbocycles. The molecule has 2 nitrogen and oxygen atoms in total. The van der Waals surface area contributed by atoms with Gasteiger partial charge in [-0.25, -0.2) is 0 Å². The van der Waals surface area contributed by atoms with Crippen LogP contribution in [0.3, 0.4) is 0 Å². The van der Waals surface area contributed by atoms with E-state index in [0.29, 0.717) is 36.2 Å². The normalized spacial score (nSPS) is 42.8. The van der Waals surface area contributed by atoms with Crippen molar-refractivity contribution in [2.75, 3.05) is 0 Å². The van der Waals surface area contributed by atoms with Crippen molar-refractivity contribution >= 4 is 36.3 Å². The molecule has 1 heterocycles. The monoisotopic (exact) mass is 345 g/mol. The molecule has 1 aliphatic carbocycles. The summed E-state index contributed by atoms with van der Waals surface area (Å²) in [7, 11) is 6.35. The number of carbonyl (C=O) groups excluding carboxylic acids is 1. The van der Waals surface area contributed by atoms with Crippen molar-refractivity contribution in [1.29, 1.82) is 0 Å². The molecule has 4 unspecified atom stereocenters. The van der Waals surface area contributed by atoms with Crippen molar-refractivity contribution in [1.82, 2.24) is 4.90 Å². The molecule has 0 aromatic rings. The Hall–Kier alpha value is 0.265. The van der Waals surface area contributed by atoms with Gasteiger partial charge in [0.1, 0.15) is 0 Å². The SMILES string of the molecule is [B]C1(I)CC(C)CC2C(CC(=O)N2C(C)C)C1. The summed E-state index contributed by atoms with van der Waals surface area (Å²) in [6, 6.07) is 0.752. The van der Waals surface area contributed by atoms with Gasteiger partial charge in [-0.2, -0.15) is 0 Å². The van der Waals surface area contributed by atoms with Gasteiger partial charge in [-0.15, -0.1) is 0 Å². The molecule has 0 spiro atoms. The lowest BCUT2D eigenvalue weighted by atomic mass is 9.76. The largest absolute Gasteiger partial charge is 0.337 e. The number of hydrogen-bond acceptors (Lipinski definition) is 1. The number of likely N-dealkylation sites (tertiary alicyclic amines) is 1. The summed E-state index contributed by atoms with van der Waals surface area (Å²) in [5.41, 5.74) is 0. The van der Waals surface area contributed by atoms with E-state index in [9.17, 15) is 4.79 Å². The van der Waals surface area contributed by atoms with Crippen molar-refractivity contribution in [3.8, 4) is 0 Å². The molecule has 4 atom stereocenters. The van der Waals surface area contributed by atoms with Crippen LogP contribution in [-0.4, -0.2) is 34.1 Å². The molecule has 2 fully saturated rings. The number of rotatable bonds is 1. The number of amides is 1. The first kappa shape index (κ1) is 13.7. The Morgan fingerprint density at radius 3 is 2.71 bits per heavy atom. The van der Waals surface area contributed by atoms with Gasteiger partial charge in [0, 0.05) is 18.5 Å². The van der Waals surface area contributed by atoms with Crippen LogP contribution in [0.5, 0.6) is 0 Å². The average molecular weight is 345 g/mol. The maximum absolute atomic E-state index is 12.1. The summed E-state index contributed by atoms with van der Waals surface area (Å²) in [6.45, 7) is 6.51. The molecular formula is C13H21BINO. The summed E-state index contributed by atoms with van der Waals surface area (Å²) >= 11 is 2.39. The minimum atomic E-state index is -0.121. The van der Waals surface area contributed by atoms with Gasteiger partial charge in [0.2, 0.25) is 5.91 Å². The van der Waals surface area contributed by atoms with E-state index in [0.717, 1.165) is 19.3 Å². The Bertz CT molecular complexity index is 319. The molecule has 17 heavy (non-hydrogen) atoms. The topological polar surface area (TPSA) is 20.3 Å². The number of hydrogen-bond donors (Lipinski definition) is 0. The lowest BCUT2D eigenvalue weighted by molar-refractivity contribution is -0.130. The van der Waals surface area contributed by atoms with Crippen LogP contribution in [0.2, 0.25) is 0 Å². The van der Waals surface area contributed by atoms with Crippen LogP contribution >= 0.6 is 22.6 Å². The number of carbonyl (C=O) groups is 1. The van der Waals surface area contributed by atoms with Gasteiger partial charge in [-0.05, 0) is 48.3 Å². The zero-order valence-electron chi connectivity index (χ0n) is 10.9. The van der Waals surface area contributed by atoms with E-state index in [4.69, 9.17) is 7.85 Å². The third-order valence-corrected chi connectivity index (χ3v) is 5.00. The standard InChI is InChI=1S/C13H21BINO/c1-8(2)16-11-4-9(3)6-13(14,15)7-10(11)5-12(16)17/h8-11H,4-7H2,1-3H3. The molecule has 2 radical (unpaired) electrons. The number of alkyl halides is 1. The average Bonchev–Trinajstić information content (AvgIpc) is 2.33. The van der Waals surface area contributed by atoms with Crippen molar-refractivity contribution in [2.24, 2.45) is 11.8 Å². The van der Waals surface area contributed by atoms with Crippen LogP contribution in [0, 0.1) is 11.8 Å². The van der Waals surface area contributed by atoms with Crippen molar-refractivity contribution in [2.45, 2.75) is 61.9 Å². The van der Waals surface area contributed by atoms with Crippen LogP contribution in [-0.2, 0) is 4.79 Å². The Morgan fingerprint density at radius 2 is 2.12 bits per heavy atom. The first-order valence-electron chi connectivity index (χ1n) is 6.59. The predicted octanol–water partition coefficient (Wildman–Crippen LogP) is 2.73. The maximum Gasteiger partial charge on any atom is 0.223 e. The highest BCUT2D eigenvalue weighted by Gasteiger charge is 2.46. The first-order chi connectivity index (χ1) is 7.80. The van der Waals surface area contributed by atoms with E-state index in [-0.39, 0.29) is 3.32 Å². The van der Waals surface area contributed by atoms with Gasteiger partial charge in [0.05, 0.1) is 7.85 Å². The van der Waals surface area contributed by atoms with Crippen molar-refractivity contribution in [3.05, 3.63) is 0 Å². The Kier molecular flexibility index (Phi) is 3.82. The van der Waals surface area contributed by atoms with E-state index in [1.807, 2.05) is 0 Å². The van der Waals surface area contributed by atoms with Gasteiger partial charge in [0.15, 0.2) is 0 Å². The second kappa shape index (κ2) is 4.74. The highest BCUT2D eigenvalue weighted by molar-refractivity contribution is 14.1. The van der Waals surface area contributed by atoms with Gasteiger partial charge in [-0.1, -0.05) is 29.5 Å². The van der Waals surface area contributed by atoms with E-state index in [1.54, 1.807) is 0 Å². The Morgan fingerprint density at radius 1 is 1.47 bits per heavy atom. The smallest absolute Gasteiger partial charge is 0.223 e. The van der Waals surface area contributed by atoms with Crippen molar-refractivity contribution < 1.29 is 4.79 Å². The molecule has 0 bridgehead atoms. The highest BCUT2D eigenvalue weighted by atomic mass is 127. The lowest BCUT2D eigenvalue weighted by Crippen LogP contribution is -2.40. The summed E-state index contributed by atoms with van der Waals surface area (Å²) in [4.78, 5) is 14.2. The van der Waals surface area contributed by atoms with E-state index in [1.165, 1.54) is 0 Å². The summed E-state index contributed by atoms with van der Waals surface area (Å²) < 4.78 is -0.121. The molecular weight excluding hydrogens is 324 g/mol. The zero-order chi connectivity index (χ0) is 12.8. The molecule has 0 aromatic heterocycles. The molecule has 2 aliphatic rings. The minimum Gasteiger partial charge on any atom is -0.337 e. The fraction of sp³-hybridized carbons (Fsp3) is 0.923. The molecule has 1 saturated heterocycles. The Labute approximate surface area is 119 Å². The fourth-order valence-corrected chi connectivity index (χ4v) is 4.97. The summed E-state index contributed by atoms with van der Waals surface area (Å²) in [5, 5.41) is 0. The van der Waals surface area contributed by atoms with Gasteiger partial charge in [-0.3, -0.25) is 4.79 Å². The Balaban J connectivity index is 2.23. The molecule has 0 N–H and O–H groups in total. The van der Waals surface area contributed by atoms with Crippen LogP contribution in [0.15, 0.2) is 0 Å². The molecule has 4 heteroatoms. The predicted molar refractivity (Wildman–Crippen MR) is 79.4 cm³/mol. The maximum atomic E-state index is 12.1. The van der Waals surface area contributed by atoms with Gasteiger partial charge < -0.3 is 4.90 Å². The van der Waals surface area contributed by atoms with Crippen LogP contribution in [0.1, 0.15) is 46.5 Å². The molecule has 2 rings (SSSR count). The summed E-state index contributed by atoms with van der Waals surface area (Å²) in [5.74, 6) is 1.41. The minimum absolute atomic E-state index is 0.121. The fourth-order valence-electron chi connectivity index (χ4n) is 3.66. The quantitative estimate of drug-likeness (QED) is 0.407. The van der Waals surface area contributed by atoms with Crippen LogP contribution < -0.4 is 0 Å². The number of fused-ring (bicyclic) bond motifs is 1. The third kappa shape index (κ3) is 2.82. The zero-order valence-corrected chi connectivity index (χ0v) is 13.1. The van der Waals surface area contributed by atoms with Gasteiger partial charge in [0.25, 0.3) is 0 Å². The van der Waals surface area contributed by atoms with E-state index < -0.39 is 0 Å². The van der Waals surface area contributed by atoms with Crippen molar-refractivity contribution in [3.63, 3.8) is 0 Å². The second-order valence-electron chi connectivity index (χ2n) is 6.21. The first-order valence-corrected chi connectivity index (χ1v) is 7.67. The molecule has 1 amide bonds. The van der Waals surface area contributed by atoms with Crippen LogP contribution in [0.25, 0.3) is 0 Å². The summed E-state index contributed by atoms with van der Waals surface area (Å²) in [6.07, 6.45) is 3.88. The third-order valence-electron chi connectivity index (χ3n) is 4.12. The van der Waals surface area contributed by atoms with E-state index in [2.05, 4.69) is 48.3 Å². The highest BCUT2D eigenvalue weighted by Crippen LogP contribution is 2.44. The number of nitrogens with zero attached hydrogens (tertiary/aromatic N) is 1.